The number of carbonyl (C=O) groups excluding carboxylic acids is 1. The van der Waals surface area contributed by atoms with Gasteiger partial charge in [-0.25, -0.2) is 9.97 Å². The standard InChI is InChI=1S/C16H26N4O2/c1-12-13(9-17-11-18-12)15(22)20-7-5-19(6-8-20)10-14(21)16(2,3)4/h9,11,14,21H,5-8,10H2,1-4H3/t14-/m1/s1. The van der Waals surface area contributed by atoms with Crippen LogP contribution >= 0.6 is 0 Å². The summed E-state index contributed by atoms with van der Waals surface area (Å²) in [5.74, 6) is -0.00544. The molecular weight excluding hydrogens is 280 g/mol. The van der Waals surface area contributed by atoms with Crippen LogP contribution in [0, 0.1) is 12.3 Å². The highest BCUT2D eigenvalue weighted by Gasteiger charge is 2.28. The first kappa shape index (κ1) is 16.8. The van der Waals surface area contributed by atoms with Crippen molar-refractivity contribution >= 4 is 5.91 Å². The lowest BCUT2D eigenvalue weighted by atomic mass is 9.89. The molecule has 2 rings (SSSR count). The van der Waals surface area contributed by atoms with E-state index in [0.29, 0.717) is 30.9 Å². The molecule has 0 spiro atoms. The predicted molar refractivity (Wildman–Crippen MR) is 84.6 cm³/mol. The van der Waals surface area contributed by atoms with Crippen LogP contribution in [-0.2, 0) is 0 Å². The van der Waals surface area contributed by atoms with Crippen LogP contribution in [0.2, 0.25) is 0 Å². The number of aromatic nitrogens is 2. The van der Waals surface area contributed by atoms with E-state index in [1.165, 1.54) is 6.33 Å². The molecule has 6 heteroatoms. The summed E-state index contributed by atoms with van der Waals surface area (Å²) in [7, 11) is 0. The summed E-state index contributed by atoms with van der Waals surface area (Å²) in [6.45, 7) is 11.5. The van der Waals surface area contributed by atoms with Crippen molar-refractivity contribution in [1.82, 2.24) is 19.8 Å². The lowest BCUT2D eigenvalue weighted by molar-refractivity contribution is 0.0136. The molecule has 2 heterocycles. The number of rotatable bonds is 3. The van der Waals surface area contributed by atoms with E-state index in [0.717, 1.165) is 13.1 Å². The Morgan fingerprint density at radius 1 is 1.32 bits per heavy atom. The maximum absolute atomic E-state index is 12.5. The molecule has 1 saturated heterocycles. The van der Waals surface area contributed by atoms with Crippen LogP contribution in [0.1, 0.15) is 36.8 Å². The normalized spacial score (nSPS) is 18.3. The van der Waals surface area contributed by atoms with E-state index >= 15 is 0 Å². The third kappa shape index (κ3) is 4.01. The number of aryl methyl sites for hydroxylation is 1. The van der Waals surface area contributed by atoms with Gasteiger partial charge in [0, 0.05) is 38.9 Å². The van der Waals surface area contributed by atoms with Crippen molar-refractivity contribution in [3.63, 3.8) is 0 Å². The number of hydrogen-bond donors (Lipinski definition) is 1. The van der Waals surface area contributed by atoms with Crippen LogP contribution < -0.4 is 0 Å². The molecule has 0 saturated carbocycles. The lowest BCUT2D eigenvalue weighted by Crippen LogP contribution is -2.51. The van der Waals surface area contributed by atoms with Crippen molar-refractivity contribution in [1.29, 1.82) is 0 Å². The minimum atomic E-state index is -0.362. The largest absolute Gasteiger partial charge is 0.391 e. The number of amides is 1. The predicted octanol–water partition coefficient (Wildman–Crippen LogP) is 0.950. The van der Waals surface area contributed by atoms with Gasteiger partial charge in [0.05, 0.1) is 17.4 Å². The van der Waals surface area contributed by atoms with Crippen LogP contribution in [0.25, 0.3) is 0 Å². The van der Waals surface area contributed by atoms with Crippen molar-refractivity contribution in [2.24, 2.45) is 5.41 Å². The number of carbonyl (C=O) groups is 1. The molecule has 0 aliphatic carbocycles. The molecule has 1 N–H and O–H groups in total. The number of hydrogen-bond acceptors (Lipinski definition) is 5. The van der Waals surface area contributed by atoms with Gasteiger partial charge in [-0.05, 0) is 12.3 Å². The molecule has 1 aromatic rings. The zero-order chi connectivity index (χ0) is 16.3. The first-order valence-corrected chi connectivity index (χ1v) is 7.75. The smallest absolute Gasteiger partial charge is 0.257 e. The van der Waals surface area contributed by atoms with Crippen molar-refractivity contribution in [2.75, 3.05) is 32.7 Å². The Labute approximate surface area is 132 Å². The quantitative estimate of drug-likeness (QED) is 0.900. The van der Waals surface area contributed by atoms with Gasteiger partial charge in [0.1, 0.15) is 6.33 Å². The number of aliphatic hydroxyl groups excluding tert-OH is 1. The summed E-state index contributed by atoms with van der Waals surface area (Å²) >= 11 is 0. The fourth-order valence-electron chi connectivity index (χ4n) is 2.42. The molecule has 122 valence electrons. The van der Waals surface area contributed by atoms with E-state index in [4.69, 9.17) is 0 Å². The van der Waals surface area contributed by atoms with E-state index in [9.17, 15) is 9.90 Å². The average Bonchev–Trinajstić information content (AvgIpc) is 2.47. The first-order chi connectivity index (χ1) is 10.3. The van der Waals surface area contributed by atoms with Gasteiger partial charge in [0.25, 0.3) is 5.91 Å². The zero-order valence-corrected chi connectivity index (χ0v) is 13.9. The van der Waals surface area contributed by atoms with E-state index in [1.54, 1.807) is 6.20 Å². The first-order valence-electron chi connectivity index (χ1n) is 7.75. The molecule has 1 fully saturated rings. The molecule has 6 nitrogen and oxygen atoms in total. The minimum Gasteiger partial charge on any atom is -0.391 e. The van der Waals surface area contributed by atoms with Gasteiger partial charge in [-0.1, -0.05) is 20.8 Å². The third-order valence-corrected chi connectivity index (χ3v) is 4.23. The Morgan fingerprint density at radius 3 is 2.50 bits per heavy atom. The molecular formula is C16H26N4O2. The van der Waals surface area contributed by atoms with Crippen LogP contribution in [0.5, 0.6) is 0 Å². The molecule has 0 unspecified atom stereocenters. The highest BCUT2D eigenvalue weighted by Crippen LogP contribution is 2.20. The van der Waals surface area contributed by atoms with E-state index in [2.05, 4.69) is 14.9 Å². The Balaban J connectivity index is 1.90. The van der Waals surface area contributed by atoms with Crippen LogP contribution in [-0.4, -0.2) is 69.6 Å². The van der Waals surface area contributed by atoms with Gasteiger partial charge in [-0.15, -0.1) is 0 Å². The number of piperazine rings is 1. The Kier molecular flexibility index (Phi) is 5.13. The monoisotopic (exact) mass is 306 g/mol. The average molecular weight is 306 g/mol. The molecule has 1 aliphatic heterocycles. The fourth-order valence-corrected chi connectivity index (χ4v) is 2.42. The maximum Gasteiger partial charge on any atom is 0.257 e. The summed E-state index contributed by atoms with van der Waals surface area (Å²) in [6, 6.07) is 0. The fraction of sp³-hybridized carbons (Fsp3) is 0.688. The Hall–Kier alpha value is -1.53. The zero-order valence-electron chi connectivity index (χ0n) is 13.9. The molecule has 1 amide bonds. The molecule has 1 aliphatic rings. The molecule has 1 atom stereocenters. The van der Waals surface area contributed by atoms with Crippen LogP contribution in [0.15, 0.2) is 12.5 Å². The van der Waals surface area contributed by atoms with E-state index in [1.807, 2.05) is 32.6 Å². The summed E-state index contributed by atoms with van der Waals surface area (Å²) < 4.78 is 0. The van der Waals surface area contributed by atoms with Gasteiger partial charge in [-0.2, -0.15) is 0 Å². The van der Waals surface area contributed by atoms with Crippen molar-refractivity contribution in [2.45, 2.75) is 33.8 Å². The third-order valence-electron chi connectivity index (χ3n) is 4.23. The van der Waals surface area contributed by atoms with Crippen LogP contribution in [0.4, 0.5) is 0 Å². The van der Waals surface area contributed by atoms with Gasteiger partial charge < -0.3 is 10.0 Å². The summed E-state index contributed by atoms with van der Waals surface area (Å²) in [5, 5.41) is 10.2. The second kappa shape index (κ2) is 6.71. The number of β-amino-alcohol motifs (C(OH)–C–C–N with tert-alkyl or cyclic N) is 1. The minimum absolute atomic E-state index is 0.00544. The second-order valence-electron chi connectivity index (χ2n) is 7.00. The molecule has 0 radical (unpaired) electrons. The highest BCUT2D eigenvalue weighted by molar-refractivity contribution is 5.94. The van der Waals surface area contributed by atoms with Gasteiger partial charge >= 0.3 is 0 Å². The SMILES string of the molecule is Cc1ncncc1C(=O)N1CCN(C[C@@H](O)C(C)(C)C)CC1. The molecule has 0 bridgehead atoms. The molecule has 1 aromatic heterocycles. The topological polar surface area (TPSA) is 69.6 Å². The maximum atomic E-state index is 12.5. The summed E-state index contributed by atoms with van der Waals surface area (Å²) in [4.78, 5) is 24.6. The lowest BCUT2D eigenvalue weighted by Gasteiger charge is -2.38. The van der Waals surface area contributed by atoms with Crippen molar-refractivity contribution in [3.8, 4) is 0 Å². The Morgan fingerprint density at radius 2 is 1.95 bits per heavy atom. The van der Waals surface area contributed by atoms with E-state index < -0.39 is 0 Å². The second-order valence-corrected chi connectivity index (χ2v) is 7.00. The molecule has 22 heavy (non-hydrogen) atoms. The summed E-state index contributed by atoms with van der Waals surface area (Å²) in [6.07, 6.45) is 2.68. The number of nitrogens with zero attached hydrogens (tertiary/aromatic N) is 4. The highest BCUT2D eigenvalue weighted by atomic mass is 16.3. The van der Waals surface area contributed by atoms with Crippen molar-refractivity contribution in [3.05, 3.63) is 23.8 Å². The summed E-state index contributed by atoms with van der Waals surface area (Å²) in [5.41, 5.74) is 1.17. The number of aliphatic hydroxyl groups is 1. The Bertz CT molecular complexity index is 519. The van der Waals surface area contributed by atoms with Gasteiger partial charge in [-0.3, -0.25) is 9.69 Å². The van der Waals surface area contributed by atoms with Gasteiger partial charge in [0.2, 0.25) is 0 Å². The van der Waals surface area contributed by atoms with Gasteiger partial charge in [0.15, 0.2) is 0 Å². The van der Waals surface area contributed by atoms with Crippen LogP contribution in [0.3, 0.4) is 0 Å². The van der Waals surface area contributed by atoms with Crippen molar-refractivity contribution < 1.29 is 9.90 Å². The molecule has 0 aromatic carbocycles. The van der Waals surface area contributed by atoms with E-state index in [-0.39, 0.29) is 17.4 Å².